The molecule has 0 aliphatic carbocycles. The molecule has 1 aromatic heterocycles. The summed E-state index contributed by atoms with van der Waals surface area (Å²) in [5.41, 5.74) is 1.04. The van der Waals surface area contributed by atoms with Crippen molar-refractivity contribution in [2.24, 2.45) is 0 Å². The summed E-state index contributed by atoms with van der Waals surface area (Å²) < 4.78 is 1.29. The normalized spacial score (nSPS) is 11.9. The van der Waals surface area contributed by atoms with E-state index in [-0.39, 0.29) is 10.8 Å². The van der Waals surface area contributed by atoms with E-state index in [1.807, 2.05) is 13.0 Å². The molecule has 0 radical (unpaired) electrons. The van der Waals surface area contributed by atoms with Gasteiger partial charge in [-0.05, 0) is 25.5 Å². The van der Waals surface area contributed by atoms with Crippen molar-refractivity contribution < 1.29 is 14.7 Å². The topological polar surface area (TPSA) is 88.4 Å². The smallest absolute Gasteiger partial charge is 0.347 e. The maximum absolute atomic E-state index is 12.4. The van der Waals surface area contributed by atoms with Crippen LogP contribution in [0.25, 0.3) is 0 Å². The van der Waals surface area contributed by atoms with Crippen LogP contribution in [-0.4, -0.2) is 21.6 Å². The highest BCUT2D eigenvalue weighted by Gasteiger charge is 2.26. The zero-order valence-electron chi connectivity index (χ0n) is 12.9. The van der Waals surface area contributed by atoms with E-state index in [2.05, 4.69) is 5.32 Å². The van der Waals surface area contributed by atoms with Crippen LogP contribution < -0.4 is 10.2 Å². The first-order chi connectivity index (χ1) is 11.0. The number of nitrogens with one attached hydrogen (secondary N) is 1. The lowest BCUT2D eigenvalue weighted by molar-refractivity contribution is -0.118. The molecule has 1 unspecified atom stereocenters. The predicted molar refractivity (Wildman–Crippen MR) is 89.3 cm³/mol. The van der Waals surface area contributed by atoms with Gasteiger partial charge in [-0.3, -0.25) is 14.2 Å². The number of amides is 1. The molecule has 0 fully saturated rings. The molecule has 1 amide bonds. The highest BCUT2D eigenvalue weighted by atomic mass is 32.1. The van der Waals surface area contributed by atoms with Crippen molar-refractivity contribution in [2.75, 3.05) is 5.32 Å². The van der Waals surface area contributed by atoms with Gasteiger partial charge >= 0.3 is 10.8 Å². The summed E-state index contributed by atoms with van der Waals surface area (Å²) in [7, 11) is 0. The molecule has 0 spiro atoms. The number of para-hydroxylation sites is 1. The highest BCUT2D eigenvalue weighted by molar-refractivity contribution is 7.11. The first-order valence-corrected chi connectivity index (χ1v) is 8.10. The predicted octanol–water partition coefficient (Wildman–Crippen LogP) is 2.76. The fourth-order valence-corrected chi connectivity index (χ4v) is 3.28. The van der Waals surface area contributed by atoms with Crippen LogP contribution in [0.15, 0.2) is 35.1 Å². The van der Waals surface area contributed by atoms with Crippen molar-refractivity contribution in [1.29, 1.82) is 0 Å². The van der Waals surface area contributed by atoms with Gasteiger partial charge in [0.05, 0.1) is 0 Å². The summed E-state index contributed by atoms with van der Waals surface area (Å²) in [4.78, 5) is 35.4. The molecule has 2 aromatic rings. The summed E-state index contributed by atoms with van der Waals surface area (Å²) in [6.07, 6.45) is 1.12. The number of carboxylic acids is 1. The third-order valence-electron chi connectivity index (χ3n) is 3.43. The van der Waals surface area contributed by atoms with Gasteiger partial charge in [0.15, 0.2) is 0 Å². The molecule has 2 rings (SSSR count). The molecule has 6 nitrogen and oxygen atoms in total. The standard InChI is InChI=1S/C16H18N2O4S/c1-3-7-12-13(15(20)21)23-16(22)18(12)10(2)14(19)17-11-8-5-4-6-9-11/h4-6,8-10H,3,7H2,1-2H3,(H,17,19)(H,20,21). The second-order valence-electron chi connectivity index (χ2n) is 5.10. The van der Waals surface area contributed by atoms with Crippen LogP contribution in [0.2, 0.25) is 0 Å². The van der Waals surface area contributed by atoms with Crippen LogP contribution in [0.3, 0.4) is 0 Å². The number of rotatable bonds is 6. The molecule has 2 N–H and O–H groups in total. The molecule has 0 saturated carbocycles. The monoisotopic (exact) mass is 334 g/mol. The fourth-order valence-electron chi connectivity index (χ4n) is 2.33. The van der Waals surface area contributed by atoms with Crippen molar-refractivity contribution >= 4 is 28.9 Å². The number of benzene rings is 1. The maximum Gasteiger partial charge on any atom is 0.347 e. The molecule has 122 valence electrons. The van der Waals surface area contributed by atoms with Crippen LogP contribution >= 0.6 is 11.3 Å². The van der Waals surface area contributed by atoms with Gasteiger partial charge in [0.2, 0.25) is 5.91 Å². The van der Waals surface area contributed by atoms with Crippen molar-refractivity contribution in [2.45, 2.75) is 32.7 Å². The zero-order valence-corrected chi connectivity index (χ0v) is 13.7. The summed E-state index contributed by atoms with van der Waals surface area (Å²) in [6, 6.07) is 8.13. The van der Waals surface area contributed by atoms with Crippen molar-refractivity contribution in [3.63, 3.8) is 0 Å². The quantitative estimate of drug-likeness (QED) is 0.850. The minimum Gasteiger partial charge on any atom is -0.477 e. The Morgan fingerprint density at radius 2 is 1.96 bits per heavy atom. The van der Waals surface area contributed by atoms with Gasteiger partial charge in [-0.2, -0.15) is 0 Å². The number of carboxylic acid groups (broad SMARTS) is 1. The van der Waals surface area contributed by atoms with Gasteiger partial charge in [-0.1, -0.05) is 42.9 Å². The Labute approximate surface area is 137 Å². The van der Waals surface area contributed by atoms with E-state index in [0.29, 0.717) is 35.6 Å². The van der Waals surface area contributed by atoms with Gasteiger partial charge in [0.25, 0.3) is 0 Å². The molecule has 0 aliphatic rings. The Balaban J connectivity index is 2.34. The second kappa shape index (κ2) is 7.23. The Hall–Kier alpha value is -2.41. The van der Waals surface area contributed by atoms with E-state index < -0.39 is 16.9 Å². The lowest BCUT2D eigenvalue weighted by Gasteiger charge is -2.16. The Bertz CT molecular complexity index is 764. The van der Waals surface area contributed by atoms with E-state index in [1.54, 1.807) is 31.2 Å². The van der Waals surface area contributed by atoms with Crippen LogP contribution in [0.1, 0.15) is 41.7 Å². The zero-order chi connectivity index (χ0) is 17.0. The summed E-state index contributed by atoms with van der Waals surface area (Å²) in [6.45, 7) is 3.49. The summed E-state index contributed by atoms with van der Waals surface area (Å²) in [5, 5.41) is 12.0. The van der Waals surface area contributed by atoms with Gasteiger partial charge in [-0.15, -0.1) is 0 Å². The van der Waals surface area contributed by atoms with Gasteiger partial charge in [0.1, 0.15) is 10.9 Å². The first-order valence-electron chi connectivity index (χ1n) is 7.29. The van der Waals surface area contributed by atoms with Gasteiger partial charge < -0.3 is 10.4 Å². The van der Waals surface area contributed by atoms with E-state index >= 15 is 0 Å². The molecule has 1 aromatic carbocycles. The lowest BCUT2D eigenvalue weighted by Crippen LogP contribution is -2.30. The van der Waals surface area contributed by atoms with E-state index in [1.165, 1.54) is 4.57 Å². The molecule has 0 aliphatic heterocycles. The van der Waals surface area contributed by atoms with Crippen LogP contribution in [-0.2, 0) is 11.2 Å². The highest BCUT2D eigenvalue weighted by Crippen LogP contribution is 2.20. The number of nitrogens with zero attached hydrogens (tertiary/aromatic N) is 1. The number of thiazole rings is 1. The number of hydrogen-bond acceptors (Lipinski definition) is 4. The largest absolute Gasteiger partial charge is 0.477 e. The van der Waals surface area contributed by atoms with Crippen LogP contribution in [0.4, 0.5) is 5.69 Å². The molecule has 23 heavy (non-hydrogen) atoms. The Morgan fingerprint density at radius 1 is 1.30 bits per heavy atom. The summed E-state index contributed by atoms with van der Waals surface area (Å²) >= 11 is 0.669. The minimum absolute atomic E-state index is 0.0104. The SMILES string of the molecule is CCCc1c(C(=O)O)sc(=O)n1C(C)C(=O)Nc1ccccc1. The van der Waals surface area contributed by atoms with Gasteiger partial charge in [-0.25, -0.2) is 4.79 Å². The number of aromatic nitrogens is 1. The minimum atomic E-state index is -1.13. The van der Waals surface area contributed by atoms with Crippen molar-refractivity contribution in [3.8, 4) is 0 Å². The van der Waals surface area contributed by atoms with Crippen LogP contribution in [0, 0.1) is 0 Å². The van der Waals surface area contributed by atoms with Crippen molar-refractivity contribution in [1.82, 2.24) is 4.57 Å². The first kappa shape index (κ1) is 17.0. The molecule has 0 saturated heterocycles. The maximum atomic E-state index is 12.4. The molecular weight excluding hydrogens is 316 g/mol. The number of carbonyl (C=O) groups excluding carboxylic acids is 1. The number of aromatic carboxylic acids is 1. The van der Waals surface area contributed by atoms with E-state index in [9.17, 15) is 19.5 Å². The number of carbonyl (C=O) groups is 2. The third kappa shape index (κ3) is 3.68. The van der Waals surface area contributed by atoms with Crippen LogP contribution in [0.5, 0.6) is 0 Å². The van der Waals surface area contributed by atoms with E-state index in [0.717, 1.165) is 0 Å². The Kier molecular flexibility index (Phi) is 5.33. The third-order valence-corrected chi connectivity index (χ3v) is 4.41. The lowest BCUT2D eigenvalue weighted by atomic mass is 10.2. The average molecular weight is 334 g/mol. The summed E-state index contributed by atoms with van der Waals surface area (Å²) in [5.74, 6) is -1.49. The number of anilines is 1. The Morgan fingerprint density at radius 3 is 2.52 bits per heavy atom. The number of hydrogen-bond donors (Lipinski definition) is 2. The molecule has 1 heterocycles. The van der Waals surface area contributed by atoms with Gasteiger partial charge in [0, 0.05) is 11.4 Å². The second-order valence-corrected chi connectivity index (χ2v) is 6.06. The average Bonchev–Trinajstić information content (AvgIpc) is 2.84. The van der Waals surface area contributed by atoms with Crippen molar-refractivity contribution in [3.05, 3.63) is 50.6 Å². The van der Waals surface area contributed by atoms with E-state index in [4.69, 9.17) is 0 Å². The molecular formula is C16H18N2O4S. The molecule has 7 heteroatoms. The molecule has 0 bridgehead atoms. The fraction of sp³-hybridized carbons (Fsp3) is 0.312. The molecule has 1 atom stereocenters.